The number of rotatable bonds is 4. The summed E-state index contributed by atoms with van der Waals surface area (Å²) in [7, 11) is 0. The first-order valence-corrected chi connectivity index (χ1v) is 8.15. The summed E-state index contributed by atoms with van der Waals surface area (Å²) < 4.78 is 2.72. The zero-order chi connectivity index (χ0) is 18.3. The molecule has 0 saturated heterocycles. The molecule has 1 atom stereocenters. The molecule has 4 aromatic rings. The van der Waals surface area contributed by atoms with E-state index in [9.17, 15) is 14.7 Å². The lowest BCUT2D eigenvalue weighted by molar-refractivity contribution is -0.141. The Balaban J connectivity index is 1.94. The van der Waals surface area contributed by atoms with Crippen molar-refractivity contribution >= 4 is 22.6 Å². The van der Waals surface area contributed by atoms with Crippen LogP contribution in [0.15, 0.2) is 53.6 Å². The summed E-state index contributed by atoms with van der Waals surface area (Å²) in [5.74, 6) is -0.166. The van der Waals surface area contributed by atoms with Crippen LogP contribution in [0.2, 0.25) is 0 Å². The molecule has 8 nitrogen and oxygen atoms in total. The van der Waals surface area contributed by atoms with E-state index in [-0.39, 0.29) is 0 Å². The number of benzene rings is 1. The zero-order valence-electron chi connectivity index (χ0n) is 13.9. The maximum absolute atomic E-state index is 12.8. The van der Waals surface area contributed by atoms with E-state index in [0.29, 0.717) is 28.9 Å². The van der Waals surface area contributed by atoms with Crippen molar-refractivity contribution in [2.45, 2.75) is 19.4 Å². The first-order valence-electron chi connectivity index (χ1n) is 8.15. The fraction of sp³-hybridized carbons (Fsp3) is 0.167. The Labute approximate surface area is 147 Å². The number of hydrogen-bond acceptors (Lipinski definition) is 5. The molecule has 0 unspecified atom stereocenters. The van der Waals surface area contributed by atoms with Crippen LogP contribution in [-0.4, -0.2) is 35.2 Å². The highest BCUT2D eigenvalue weighted by molar-refractivity contribution is 5.80. The van der Waals surface area contributed by atoms with Crippen LogP contribution in [-0.2, 0) is 4.79 Å². The third kappa shape index (κ3) is 2.43. The van der Waals surface area contributed by atoms with Gasteiger partial charge in [-0.25, -0.2) is 9.78 Å². The molecule has 0 aliphatic carbocycles. The maximum atomic E-state index is 12.8. The molecule has 3 heterocycles. The van der Waals surface area contributed by atoms with Crippen LogP contribution < -0.4 is 5.56 Å². The van der Waals surface area contributed by atoms with E-state index in [1.54, 1.807) is 13.0 Å². The van der Waals surface area contributed by atoms with Crippen molar-refractivity contribution in [2.75, 3.05) is 0 Å². The lowest BCUT2D eigenvalue weighted by Crippen LogP contribution is -2.29. The largest absolute Gasteiger partial charge is 0.480 e. The molecule has 26 heavy (non-hydrogen) atoms. The van der Waals surface area contributed by atoms with Gasteiger partial charge in [0.15, 0.2) is 5.82 Å². The second-order valence-electron chi connectivity index (χ2n) is 5.86. The minimum atomic E-state index is -1.05. The molecule has 0 aliphatic rings. The number of carboxylic acid groups (broad SMARTS) is 1. The van der Waals surface area contributed by atoms with Gasteiger partial charge in [0, 0.05) is 18.0 Å². The van der Waals surface area contributed by atoms with Crippen LogP contribution in [0.25, 0.3) is 28.1 Å². The van der Waals surface area contributed by atoms with Crippen LogP contribution in [0.4, 0.5) is 0 Å². The number of hydrogen-bond donors (Lipinski definition) is 1. The van der Waals surface area contributed by atoms with Gasteiger partial charge in [-0.2, -0.15) is 9.50 Å². The van der Waals surface area contributed by atoms with E-state index in [1.165, 1.54) is 21.5 Å². The Hall–Kier alpha value is -3.55. The summed E-state index contributed by atoms with van der Waals surface area (Å²) in [6, 6.07) is 10.2. The zero-order valence-corrected chi connectivity index (χ0v) is 13.9. The van der Waals surface area contributed by atoms with Gasteiger partial charge in [-0.1, -0.05) is 37.3 Å². The number of nitrogens with zero attached hydrogens (tertiary/aromatic N) is 5. The molecule has 0 radical (unpaired) electrons. The van der Waals surface area contributed by atoms with Gasteiger partial charge in [0.05, 0.1) is 10.9 Å². The van der Waals surface area contributed by atoms with Crippen molar-refractivity contribution in [1.82, 2.24) is 24.1 Å². The van der Waals surface area contributed by atoms with Crippen molar-refractivity contribution in [2.24, 2.45) is 0 Å². The Bertz CT molecular complexity index is 1180. The highest BCUT2D eigenvalue weighted by atomic mass is 16.4. The van der Waals surface area contributed by atoms with Crippen LogP contribution >= 0.6 is 0 Å². The lowest BCUT2D eigenvalue weighted by atomic mass is 10.2. The second kappa shape index (κ2) is 6.07. The first kappa shape index (κ1) is 15.9. The second-order valence-corrected chi connectivity index (χ2v) is 5.86. The van der Waals surface area contributed by atoms with Gasteiger partial charge in [0.1, 0.15) is 6.04 Å². The topological polar surface area (TPSA) is 102 Å². The van der Waals surface area contributed by atoms with E-state index < -0.39 is 17.6 Å². The number of fused-ring (bicyclic) bond motifs is 3. The smallest absolute Gasteiger partial charge is 0.326 e. The SMILES string of the molecule is CC[C@H](C(=O)O)n1ccc2c(cnc3nc(-c4ccccc4)nn32)c1=O. The monoisotopic (exact) mass is 349 g/mol. The Morgan fingerprint density at radius 2 is 2.00 bits per heavy atom. The van der Waals surface area contributed by atoms with Crippen molar-refractivity contribution in [3.63, 3.8) is 0 Å². The maximum Gasteiger partial charge on any atom is 0.326 e. The van der Waals surface area contributed by atoms with Gasteiger partial charge in [-0.15, -0.1) is 5.10 Å². The molecule has 0 bridgehead atoms. The van der Waals surface area contributed by atoms with Gasteiger partial charge < -0.3 is 9.67 Å². The summed E-state index contributed by atoms with van der Waals surface area (Å²) in [5, 5.41) is 14.1. The third-order valence-electron chi connectivity index (χ3n) is 4.30. The van der Waals surface area contributed by atoms with Crippen LogP contribution in [0.3, 0.4) is 0 Å². The van der Waals surface area contributed by atoms with E-state index in [0.717, 1.165) is 5.56 Å². The van der Waals surface area contributed by atoms with Crippen molar-refractivity contribution in [1.29, 1.82) is 0 Å². The summed E-state index contributed by atoms with van der Waals surface area (Å²) in [4.78, 5) is 32.8. The molecule has 3 aromatic heterocycles. The lowest BCUT2D eigenvalue weighted by Gasteiger charge is -2.14. The number of carboxylic acids is 1. The van der Waals surface area contributed by atoms with Gasteiger partial charge in [-0.05, 0) is 12.5 Å². The number of aromatic nitrogens is 5. The predicted octanol–water partition coefficient (Wildman–Crippen LogP) is 2.14. The summed E-state index contributed by atoms with van der Waals surface area (Å²) >= 11 is 0. The predicted molar refractivity (Wildman–Crippen MR) is 94.9 cm³/mol. The normalized spacial score (nSPS) is 12.5. The number of carbonyl (C=O) groups is 1. The average molecular weight is 349 g/mol. The van der Waals surface area contributed by atoms with Crippen LogP contribution in [0.1, 0.15) is 19.4 Å². The van der Waals surface area contributed by atoms with Gasteiger partial charge >= 0.3 is 5.97 Å². The molecule has 0 fully saturated rings. The van der Waals surface area contributed by atoms with Gasteiger partial charge in [0.2, 0.25) is 0 Å². The molecule has 130 valence electrons. The van der Waals surface area contributed by atoms with E-state index in [2.05, 4.69) is 15.1 Å². The minimum Gasteiger partial charge on any atom is -0.480 e. The summed E-state index contributed by atoms with van der Waals surface area (Å²) in [6.07, 6.45) is 3.20. The number of aliphatic carboxylic acids is 1. The Morgan fingerprint density at radius 1 is 1.23 bits per heavy atom. The molecular weight excluding hydrogens is 334 g/mol. The van der Waals surface area contributed by atoms with E-state index in [1.807, 2.05) is 30.3 Å². The summed E-state index contributed by atoms with van der Waals surface area (Å²) in [6.45, 7) is 1.72. The first-order chi connectivity index (χ1) is 12.6. The molecule has 1 N–H and O–H groups in total. The molecule has 4 rings (SSSR count). The standard InChI is InChI=1S/C18H15N5O3/c1-2-13(17(25)26)22-9-8-14-12(16(22)24)10-19-18-20-15(21-23(14)18)11-6-4-3-5-7-11/h3-10,13H,2H2,1H3,(H,25,26)/t13-/m1/s1. The summed E-state index contributed by atoms with van der Waals surface area (Å²) in [5.41, 5.74) is 0.963. The van der Waals surface area contributed by atoms with E-state index in [4.69, 9.17) is 0 Å². The molecule has 0 aliphatic heterocycles. The van der Waals surface area contributed by atoms with Crippen LogP contribution in [0, 0.1) is 0 Å². The Morgan fingerprint density at radius 3 is 2.69 bits per heavy atom. The molecule has 0 saturated carbocycles. The fourth-order valence-electron chi connectivity index (χ4n) is 2.98. The number of pyridine rings is 1. The quantitative estimate of drug-likeness (QED) is 0.605. The van der Waals surface area contributed by atoms with Gasteiger partial charge in [-0.3, -0.25) is 4.79 Å². The van der Waals surface area contributed by atoms with E-state index >= 15 is 0 Å². The molecule has 1 aromatic carbocycles. The Kier molecular flexibility index (Phi) is 3.72. The molecule has 0 spiro atoms. The molecular formula is C18H15N5O3. The average Bonchev–Trinajstić information content (AvgIpc) is 3.09. The van der Waals surface area contributed by atoms with Crippen LogP contribution in [0.5, 0.6) is 0 Å². The van der Waals surface area contributed by atoms with Crippen molar-refractivity contribution < 1.29 is 9.90 Å². The molecule has 0 amide bonds. The molecule has 8 heteroatoms. The highest BCUT2D eigenvalue weighted by Crippen LogP contribution is 2.18. The highest BCUT2D eigenvalue weighted by Gasteiger charge is 2.20. The van der Waals surface area contributed by atoms with Gasteiger partial charge in [0.25, 0.3) is 11.3 Å². The third-order valence-corrected chi connectivity index (χ3v) is 4.30. The van der Waals surface area contributed by atoms with Crippen molar-refractivity contribution in [3.05, 3.63) is 59.1 Å². The van der Waals surface area contributed by atoms with Crippen molar-refractivity contribution in [3.8, 4) is 11.4 Å². The fourth-order valence-corrected chi connectivity index (χ4v) is 2.98. The minimum absolute atomic E-state index is 0.296.